The van der Waals surface area contributed by atoms with E-state index in [1.165, 1.54) is 0 Å². The van der Waals surface area contributed by atoms with Gasteiger partial charge in [-0.1, -0.05) is 31.9 Å². The third kappa shape index (κ3) is 1.95. The average Bonchev–Trinajstić information content (AvgIpc) is 2.16. The quantitative estimate of drug-likeness (QED) is 0.736. The first kappa shape index (κ1) is 11.4. The summed E-state index contributed by atoms with van der Waals surface area (Å²) in [6.45, 7) is 3.92. The molecule has 1 heterocycles. The molecule has 2 unspecified atom stereocenters. The van der Waals surface area contributed by atoms with E-state index in [2.05, 4.69) is 31.9 Å². The van der Waals surface area contributed by atoms with E-state index in [1.54, 1.807) is 0 Å². The normalized spacial score (nSPS) is 28.1. The molecule has 0 saturated heterocycles. The van der Waals surface area contributed by atoms with Gasteiger partial charge in [0, 0.05) is 10.0 Å². The Morgan fingerprint density at radius 1 is 1.40 bits per heavy atom. The van der Waals surface area contributed by atoms with Crippen molar-refractivity contribution >= 4 is 31.9 Å². The summed E-state index contributed by atoms with van der Waals surface area (Å²) < 4.78 is 6.78. The van der Waals surface area contributed by atoms with E-state index in [9.17, 15) is 5.11 Å². The summed E-state index contributed by atoms with van der Waals surface area (Å²) >= 11 is 6.86. The summed E-state index contributed by atoms with van der Waals surface area (Å²) in [5.41, 5.74) is 0.422. The predicted octanol–water partition coefficient (Wildman–Crippen LogP) is 3.42. The minimum absolute atomic E-state index is 0.105. The second-order valence-electron chi connectivity index (χ2n) is 4.23. The van der Waals surface area contributed by atoms with Crippen LogP contribution in [0.15, 0.2) is 22.7 Å². The van der Waals surface area contributed by atoms with Gasteiger partial charge in [-0.05, 0) is 32.0 Å². The Bertz CT molecular complexity index is 390. The second kappa shape index (κ2) is 3.75. The first-order valence-corrected chi connectivity index (χ1v) is 6.43. The number of fused-ring (bicyclic) bond motifs is 1. The van der Waals surface area contributed by atoms with E-state index in [0.29, 0.717) is 0 Å². The molecule has 1 aliphatic rings. The highest BCUT2D eigenvalue weighted by molar-refractivity contribution is 9.10. The van der Waals surface area contributed by atoms with E-state index in [-0.39, 0.29) is 4.83 Å². The molecule has 0 aromatic heterocycles. The van der Waals surface area contributed by atoms with Crippen molar-refractivity contribution in [2.75, 3.05) is 0 Å². The highest BCUT2D eigenvalue weighted by Gasteiger charge is 2.41. The van der Waals surface area contributed by atoms with Crippen molar-refractivity contribution < 1.29 is 9.84 Å². The molecule has 0 fully saturated rings. The third-order valence-electron chi connectivity index (χ3n) is 2.60. The SMILES string of the molecule is CC1(C)Oc2ccc(Br)cc2C(O)C1Br. The van der Waals surface area contributed by atoms with Gasteiger partial charge in [0.15, 0.2) is 0 Å². The molecule has 0 bridgehead atoms. The highest BCUT2D eigenvalue weighted by Crippen LogP contribution is 2.43. The standard InChI is InChI=1S/C11H12Br2O2/c1-11(2)10(13)9(14)7-5-6(12)3-4-8(7)15-11/h3-5,9-10,14H,1-2H3. The number of benzene rings is 1. The molecule has 4 heteroatoms. The van der Waals surface area contributed by atoms with E-state index in [4.69, 9.17) is 4.74 Å². The first-order chi connectivity index (χ1) is 6.92. The van der Waals surface area contributed by atoms with Crippen molar-refractivity contribution in [1.82, 2.24) is 0 Å². The van der Waals surface area contributed by atoms with Crippen LogP contribution < -0.4 is 4.74 Å². The van der Waals surface area contributed by atoms with E-state index in [0.717, 1.165) is 15.8 Å². The monoisotopic (exact) mass is 334 g/mol. The van der Waals surface area contributed by atoms with Gasteiger partial charge in [-0.3, -0.25) is 0 Å². The van der Waals surface area contributed by atoms with Crippen LogP contribution in [0, 0.1) is 0 Å². The average molecular weight is 336 g/mol. The number of ether oxygens (including phenoxy) is 1. The van der Waals surface area contributed by atoms with E-state index >= 15 is 0 Å². The van der Waals surface area contributed by atoms with E-state index in [1.807, 2.05) is 32.0 Å². The summed E-state index contributed by atoms with van der Waals surface area (Å²) in [5, 5.41) is 10.1. The van der Waals surface area contributed by atoms with Gasteiger partial charge in [0.2, 0.25) is 0 Å². The fraction of sp³-hybridized carbons (Fsp3) is 0.455. The van der Waals surface area contributed by atoms with Gasteiger partial charge in [-0.15, -0.1) is 0 Å². The Kier molecular flexibility index (Phi) is 2.86. The molecule has 1 N–H and O–H groups in total. The van der Waals surface area contributed by atoms with Gasteiger partial charge >= 0.3 is 0 Å². The predicted molar refractivity (Wildman–Crippen MR) is 66.5 cm³/mol. The maximum atomic E-state index is 10.1. The van der Waals surface area contributed by atoms with Gasteiger partial charge in [0.1, 0.15) is 11.4 Å². The lowest BCUT2D eigenvalue weighted by Gasteiger charge is -2.40. The van der Waals surface area contributed by atoms with Crippen LogP contribution in [0.25, 0.3) is 0 Å². The fourth-order valence-electron chi connectivity index (χ4n) is 1.72. The maximum absolute atomic E-state index is 10.1. The molecule has 82 valence electrons. The molecule has 2 rings (SSSR count). The summed E-state index contributed by atoms with van der Waals surface area (Å²) in [4.78, 5) is -0.105. The number of rotatable bonds is 0. The number of hydrogen-bond donors (Lipinski definition) is 1. The Labute approximate surface area is 106 Å². The molecule has 0 spiro atoms. The molecule has 1 aliphatic heterocycles. The molecule has 2 nitrogen and oxygen atoms in total. The second-order valence-corrected chi connectivity index (χ2v) is 6.14. The van der Waals surface area contributed by atoms with Crippen LogP contribution in [0.3, 0.4) is 0 Å². The van der Waals surface area contributed by atoms with E-state index < -0.39 is 11.7 Å². The zero-order valence-electron chi connectivity index (χ0n) is 8.50. The Balaban J connectivity index is 2.50. The highest BCUT2D eigenvalue weighted by atomic mass is 79.9. The lowest BCUT2D eigenvalue weighted by Crippen LogP contribution is -2.45. The van der Waals surface area contributed by atoms with Crippen LogP contribution in [0.4, 0.5) is 0 Å². The Morgan fingerprint density at radius 3 is 2.73 bits per heavy atom. The molecule has 1 aromatic carbocycles. The maximum Gasteiger partial charge on any atom is 0.126 e. The molecule has 1 aromatic rings. The zero-order valence-corrected chi connectivity index (χ0v) is 11.7. The first-order valence-electron chi connectivity index (χ1n) is 4.72. The number of aliphatic hydroxyl groups excluding tert-OH is 1. The molecule has 15 heavy (non-hydrogen) atoms. The minimum Gasteiger partial charge on any atom is -0.486 e. The minimum atomic E-state index is -0.541. The molecular formula is C11H12Br2O2. The van der Waals surface area contributed by atoms with Gasteiger partial charge in [-0.25, -0.2) is 0 Å². The van der Waals surface area contributed by atoms with Crippen LogP contribution in [-0.2, 0) is 0 Å². The van der Waals surface area contributed by atoms with Crippen LogP contribution in [0.2, 0.25) is 0 Å². The van der Waals surface area contributed by atoms with Crippen LogP contribution in [-0.4, -0.2) is 15.5 Å². The lowest BCUT2D eigenvalue weighted by atomic mass is 9.92. The van der Waals surface area contributed by atoms with Crippen molar-refractivity contribution in [3.63, 3.8) is 0 Å². The Morgan fingerprint density at radius 2 is 2.07 bits per heavy atom. The van der Waals surface area contributed by atoms with Crippen LogP contribution in [0.5, 0.6) is 5.75 Å². The smallest absolute Gasteiger partial charge is 0.126 e. The molecule has 0 aliphatic carbocycles. The molecule has 0 amide bonds. The lowest BCUT2D eigenvalue weighted by molar-refractivity contribution is 0.0225. The van der Waals surface area contributed by atoms with Crippen molar-refractivity contribution in [3.05, 3.63) is 28.2 Å². The topological polar surface area (TPSA) is 29.5 Å². The fourth-order valence-corrected chi connectivity index (χ4v) is 2.48. The van der Waals surface area contributed by atoms with Gasteiger partial charge in [0.05, 0.1) is 10.9 Å². The van der Waals surface area contributed by atoms with Gasteiger partial charge in [-0.2, -0.15) is 0 Å². The summed E-state index contributed by atoms with van der Waals surface area (Å²) in [7, 11) is 0. The number of halogens is 2. The summed E-state index contributed by atoms with van der Waals surface area (Å²) in [6, 6.07) is 5.68. The van der Waals surface area contributed by atoms with Gasteiger partial charge < -0.3 is 9.84 Å². The van der Waals surface area contributed by atoms with Crippen LogP contribution >= 0.6 is 31.9 Å². The third-order valence-corrected chi connectivity index (χ3v) is 4.70. The number of hydrogen-bond acceptors (Lipinski definition) is 2. The van der Waals surface area contributed by atoms with Crippen molar-refractivity contribution in [1.29, 1.82) is 0 Å². The van der Waals surface area contributed by atoms with Crippen molar-refractivity contribution in [2.45, 2.75) is 30.4 Å². The number of aliphatic hydroxyl groups is 1. The van der Waals surface area contributed by atoms with Crippen molar-refractivity contribution in [2.24, 2.45) is 0 Å². The molecule has 0 saturated carbocycles. The summed E-state index contributed by atoms with van der Waals surface area (Å²) in [5.74, 6) is 0.756. The summed E-state index contributed by atoms with van der Waals surface area (Å²) in [6.07, 6.45) is -0.541. The van der Waals surface area contributed by atoms with Crippen LogP contribution in [0.1, 0.15) is 25.5 Å². The largest absolute Gasteiger partial charge is 0.486 e. The van der Waals surface area contributed by atoms with Crippen molar-refractivity contribution in [3.8, 4) is 5.75 Å². The number of alkyl halides is 1. The molecular weight excluding hydrogens is 324 g/mol. The zero-order chi connectivity index (χ0) is 11.2. The molecule has 0 radical (unpaired) electrons. The Hall–Kier alpha value is -0.0600. The van der Waals surface area contributed by atoms with Gasteiger partial charge in [0.25, 0.3) is 0 Å². The molecule has 2 atom stereocenters.